The number of pyridine rings is 1. The molecule has 2 fully saturated rings. The van der Waals surface area contributed by atoms with E-state index in [9.17, 15) is 9.18 Å². The van der Waals surface area contributed by atoms with E-state index < -0.39 is 0 Å². The minimum Gasteiger partial charge on any atom is -0.379 e. The fourth-order valence-electron chi connectivity index (χ4n) is 4.99. The zero-order valence-corrected chi connectivity index (χ0v) is 18.6. The lowest BCUT2D eigenvalue weighted by Gasteiger charge is -2.28. The average molecular weight is 450 g/mol. The molecule has 7 nitrogen and oxygen atoms in total. The smallest absolute Gasteiger partial charge is 0.256 e. The van der Waals surface area contributed by atoms with E-state index in [1.54, 1.807) is 12.3 Å². The average Bonchev–Trinajstić information content (AvgIpc) is 3.53. The van der Waals surface area contributed by atoms with Crippen LogP contribution >= 0.6 is 0 Å². The van der Waals surface area contributed by atoms with Crippen LogP contribution in [0.5, 0.6) is 0 Å². The molecule has 3 heterocycles. The van der Waals surface area contributed by atoms with E-state index in [-0.39, 0.29) is 11.4 Å². The van der Waals surface area contributed by atoms with Gasteiger partial charge in [-0.25, -0.2) is 9.37 Å². The molecule has 2 aromatic heterocycles. The second-order valence-electron chi connectivity index (χ2n) is 9.27. The van der Waals surface area contributed by atoms with Crippen LogP contribution in [-0.4, -0.2) is 65.8 Å². The molecule has 0 unspecified atom stereocenters. The van der Waals surface area contributed by atoms with Gasteiger partial charge in [-0.2, -0.15) is 0 Å². The molecule has 8 heteroatoms. The highest BCUT2D eigenvalue weighted by Crippen LogP contribution is 2.35. The Balaban J connectivity index is 1.40. The normalized spacial score (nSPS) is 17.4. The Morgan fingerprint density at radius 3 is 2.82 bits per heavy atom. The Labute approximate surface area is 190 Å². The topological polar surface area (TPSA) is 77.2 Å². The number of rotatable bonds is 7. The van der Waals surface area contributed by atoms with Crippen LogP contribution in [-0.2, 0) is 4.74 Å². The molecule has 1 aliphatic carbocycles. The Kier molecular flexibility index (Phi) is 5.27. The molecule has 33 heavy (non-hydrogen) atoms. The summed E-state index contributed by atoms with van der Waals surface area (Å²) in [6.45, 7) is 6.56. The summed E-state index contributed by atoms with van der Waals surface area (Å²) in [6, 6.07) is 6.48. The predicted octanol–water partition coefficient (Wildman–Crippen LogP) is 3.64. The van der Waals surface area contributed by atoms with Crippen molar-refractivity contribution in [2.75, 3.05) is 50.8 Å². The first-order valence-corrected chi connectivity index (χ1v) is 11.8. The maximum Gasteiger partial charge on any atom is 0.256 e. The number of hydrogen-bond acceptors (Lipinski definition) is 5. The molecule has 0 atom stereocenters. The number of nitrogens with zero attached hydrogens (tertiary/aromatic N) is 3. The molecule has 0 spiro atoms. The third-order valence-electron chi connectivity index (χ3n) is 6.91. The van der Waals surface area contributed by atoms with Gasteiger partial charge >= 0.3 is 0 Å². The van der Waals surface area contributed by atoms with Gasteiger partial charge in [0.15, 0.2) is 0 Å². The number of morpholine rings is 1. The molecule has 1 saturated heterocycles. The zero-order chi connectivity index (χ0) is 22.4. The van der Waals surface area contributed by atoms with Gasteiger partial charge < -0.3 is 19.6 Å². The van der Waals surface area contributed by atoms with Gasteiger partial charge in [0.25, 0.3) is 5.56 Å². The first kappa shape index (κ1) is 20.6. The van der Waals surface area contributed by atoms with Gasteiger partial charge in [0.05, 0.1) is 29.6 Å². The first-order valence-electron chi connectivity index (χ1n) is 11.8. The molecule has 0 bridgehead atoms. The van der Waals surface area contributed by atoms with Gasteiger partial charge in [-0.05, 0) is 49.4 Å². The van der Waals surface area contributed by atoms with Crippen molar-refractivity contribution in [3.8, 4) is 0 Å². The summed E-state index contributed by atoms with van der Waals surface area (Å²) >= 11 is 0. The molecular formula is C25H28FN5O2. The number of halogens is 1. The van der Waals surface area contributed by atoms with Crippen LogP contribution in [0.25, 0.3) is 32.6 Å². The minimum absolute atomic E-state index is 0.227. The Morgan fingerprint density at radius 1 is 1.15 bits per heavy atom. The van der Waals surface area contributed by atoms with Crippen molar-refractivity contribution >= 4 is 38.5 Å². The lowest BCUT2D eigenvalue weighted by atomic mass is 10.0. The van der Waals surface area contributed by atoms with Crippen molar-refractivity contribution < 1.29 is 9.13 Å². The highest BCUT2D eigenvalue weighted by molar-refractivity contribution is 6.23. The van der Waals surface area contributed by atoms with E-state index >= 15 is 0 Å². The van der Waals surface area contributed by atoms with Gasteiger partial charge in [0, 0.05) is 55.1 Å². The summed E-state index contributed by atoms with van der Waals surface area (Å²) in [4.78, 5) is 28.8. The van der Waals surface area contributed by atoms with E-state index in [0.717, 1.165) is 80.1 Å². The van der Waals surface area contributed by atoms with Crippen LogP contribution in [0.1, 0.15) is 19.3 Å². The molecular weight excluding hydrogens is 421 g/mol. The molecule has 1 aliphatic heterocycles. The standard InChI is InChI=1S/C25H28FN5O2/c26-17-4-5-18-20(14-17)21-19(6-7-27-24(21)32)23-22(18)28-25(29-23)31(15-16-2-3-16)9-1-8-30-10-12-33-13-11-30/h4-7,14,16H,1-3,8-13,15H2,(H,27,32)(H,28,29). The number of aromatic amines is 2. The molecule has 0 radical (unpaired) electrons. The predicted molar refractivity (Wildman–Crippen MR) is 128 cm³/mol. The van der Waals surface area contributed by atoms with E-state index in [2.05, 4.69) is 19.8 Å². The van der Waals surface area contributed by atoms with E-state index in [4.69, 9.17) is 9.72 Å². The summed E-state index contributed by atoms with van der Waals surface area (Å²) < 4.78 is 19.6. The maximum absolute atomic E-state index is 14.1. The summed E-state index contributed by atoms with van der Waals surface area (Å²) in [5.74, 6) is 1.19. The van der Waals surface area contributed by atoms with Crippen molar-refractivity contribution in [3.63, 3.8) is 0 Å². The van der Waals surface area contributed by atoms with Crippen LogP contribution in [0.4, 0.5) is 10.3 Å². The van der Waals surface area contributed by atoms with Crippen LogP contribution in [0.2, 0.25) is 0 Å². The van der Waals surface area contributed by atoms with E-state index in [1.165, 1.54) is 25.0 Å². The number of imidazole rings is 1. The number of nitrogens with one attached hydrogen (secondary N) is 2. The largest absolute Gasteiger partial charge is 0.379 e. The lowest BCUT2D eigenvalue weighted by molar-refractivity contribution is 0.0376. The fourth-order valence-corrected chi connectivity index (χ4v) is 4.99. The molecule has 2 N–H and O–H groups in total. The fraction of sp³-hybridized carbons (Fsp3) is 0.440. The quantitative estimate of drug-likeness (QED) is 0.422. The minimum atomic E-state index is -0.357. The van der Waals surface area contributed by atoms with Crippen molar-refractivity contribution in [1.82, 2.24) is 19.9 Å². The van der Waals surface area contributed by atoms with Gasteiger partial charge in [-0.15, -0.1) is 0 Å². The van der Waals surface area contributed by atoms with E-state index in [1.807, 2.05) is 6.07 Å². The Morgan fingerprint density at radius 2 is 2.00 bits per heavy atom. The third kappa shape index (κ3) is 3.98. The highest BCUT2D eigenvalue weighted by atomic mass is 19.1. The van der Waals surface area contributed by atoms with Crippen LogP contribution < -0.4 is 10.5 Å². The molecule has 1 saturated carbocycles. The molecule has 4 aromatic rings. The molecule has 6 rings (SSSR count). The number of benzene rings is 2. The SMILES string of the molecule is O=c1[nH]ccc2c3nc(N(CCCN4CCOCC4)CC4CC4)[nH]c3c3ccc(F)cc3c12. The van der Waals surface area contributed by atoms with Gasteiger partial charge in [0.2, 0.25) is 5.95 Å². The van der Waals surface area contributed by atoms with Crippen LogP contribution in [0.3, 0.4) is 0 Å². The number of hydrogen-bond donors (Lipinski definition) is 2. The third-order valence-corrected chi connectivity index (χ3v) is 6.91. The first-order chi connectivity index (χ1) is 16.2. The second kappa shape index (κ2) is 8.43. The van der Waals surface area contributed by atoms with Crippen molar-refractivity contribution in [2.24, 2.45) is 5.92 Å². The summed E-state index contributed by atoms with van der Waals surface area (Å²) in [5, 5.41) is 2.65. The van der Waals surface area contributed by atoms with Crippen LogP contribution in [0, 0.1) is 11.7 Å². The summed E-state index contributed by atoms with van der Waals surface area (Å²) in [7, 11) is 0. The maximum atomic E-state index is 14.1. The number of fused-ring (bicyclic) bond motifs is 6. The van der Waals surface area contributed by atoms with Crippen molar-refractivity contribution in [3.05, 3.63) is 46.6 Å². The lowest BCUT2D eigenvalue weighted by Crippen LogP contribution is -2.38. The van der Waals surface area contributed by atoms with Gasteiger partial charge in [-0.1, -0.05) is 0 Å². The van der Waals surface area contributed by atoms with Crippen LogP contribution in [0.15, 0.2) is 35.3 Å². The zero-order valence-electron chi connectivity index (χ0n) is 18.6. The second-order valence-corrected chi connectivity index (χ2v) is 9.27. The molecule has 2 aliphatic rings. The van der Waals surface area contributed by atoms with E-state index in [0.29, 0.717) is 16.7 Å². The monoisotopic (exact) mass is 449 g/mol. The Bertz CT molecular complexity index is 1370. The number of ether oxygens (including phenoxy) is 1. The number of anilines is 1. The highest BCUT2D eigenvalue weighted by Gasteiger charge is 2.26. The van der Waals surface area contributed by atoms with Crippen molar-refractivity contribution in [1.29, 1.82) is 0 Å². The number of H-pyrrole nitrogens is 2. The van der Waals surface area contributed by atoms with Crippen molar-refractivity contribution in [2.45, 2.75) is 19.3 Å². The molecule has 2 aromatic carbocycles. The van der Waals surface area contributed by atoms with Gasteiger partial charge in [-0.3, -0.25) is 9.69 Å². The molecule has 172 valence electrons. The summed E-state index contributed by atoms with van der Waals surface area (Å²) in [5.41, 5.74) is 1.39. The Hall–Kier alpha value is -2.97. The summed E-state index contributed by atoms with van der Waals surface area (Å²) in [6.07, 6.45) is 5.21. The van der Waals surface area contributed by atoms with Gasteiger partial charge in [0.1, 0.15) is 5.82 Å². The number of aromatic nitrogens is 3. The molecule has 0 amide bonds.